The van der Waals surface area contributed by atoms with Crippen LogP contribution in [0.2, 0.25) is 0 Å². The number of carbonyl (C=O) groups excluding carboxylic acids is 1. The fourth-order valence-electron chi connectivity index (χ4n) is 2.58. The first-order valence-electron chi connectivity index (χ1n) is 6.63. The smallest absolute Gasteiger partial charge is 0.258 e. The van der Waals surface area contributed by atoms with E-state index >= 15 is 0 Å². The molecule has 2 aromatic carbocycles. The van der Waals surface area contributed by atoms with Gasteiger partial charge >= 0.3 is 0 Å². The van der Waals surface area contributed by atoms with Gasteiger partial charge in [0.2, 0.25) is 0 Å². The van der Waals surface area contributed by atoms with Gasteiger partial charge in [-0.25, -0.2) is 4.39 Å². The van der Waals surface area contributed by atoms with Crippen LogP contribution in [0.15, 0.2) is 36.4 Å². The molecule has 1 heterocycles. The van der Waals surface area contributed by atoms with Crippen molar-refractivity contribution in [1.82, 2.24) is 0 Å². The summed E-state index contributed by atoms with van der Waals surface area (Å²) >= 11 is 0. The zero-order valence-corrected chi connectivity index (χ0v) is 11.6. The first-order valence-corrected chi connectivity index (χ1v) is 6.63. The summed E-state index contributed by atoms with van der Waals surface area (Å²) in [5, 5.41) is 0. The molecule has 0 atom stereocenters. The van der Waals surface area contributed by atoms with Gasteiger partial charge in [0.1, 0.15) is 11.6 Å². The molecule has 108 valence electrons. The number of benzene rings is 2. The van der Waals surface area contributed by atoms with Crippen LogP contribution in [0.1, 0.15) is 15.9 Å². The molecular formula is C16H15FN2O2. The summed E-state index contributed by atoms with van der Waals surface area (Å²) < 4.78 is 18.5. The minimum absolute atomic E-state index is 0.204. The minimum Gasteiger partial charge on any atom is -0.497 e. The average molecular weight is 286 g/mol. The van der Waals surface area contributed by atoms with E-state index in [1.165, 1.54) is 19.2 Å². The molecule has 0 fully saturated rings. The van der Waals surface area contributed by atoms with Crippen LogP contribution in [0.5, 0.6) is 5.75 Å². The van der Waals surface area contributed by atoms with Crippen molar-refractivity contribution in [1.29, 1.82) is 0 Å². The number of ether oxygens (including phenoxy) is 1. The summed E-state index contributed by atoms with van der Waals surface area (Å²) in [7, 11) is 1.52. The lowest BCUT2D eigenvalue weighted by molar-refractivity contribution is 0.0989. The molecule has 0 aromatic heterocycles. The number of amides is 1. The Balaban J connectivity index is 1.98. The van der Waals surface area contributed by atoms with Crippen molar-refractivity contribution in [3.05, 3.63) is 53.3 Å². The van der Waals surface area contributed by atoms with E-state index in [2.05, 4.69) is 0 Å². The molecule has 0 radical (unpaired) electrons. The average Bonchev–Trinajstić information content (AvgIpc) is 2.88. The normalized spacial score (nSPS) is 13.1. The maximum absolute atomic E-state index is 13.4. The Hall–Kier alpha value is -2.56. The second-order valence-electron chi connectivity index (χ2n) is 4.97. The zero-order chi connectivity index (χ0) is 15.0. The third-order valence-corrected chi connectivity index (χ3v) is 3.60. The van der Waals surface area contributed by atoms with Crippen LogP contribution in [0.25, 0.3) is 0 Å². The summed E-state index contributed by atoms with van der Waals surface area (Å²) in [5.41, 5.74) is 8.27. The Kier molecular flexibility index (Phi) is 3.25. The second kappa shape index (κ2) is 5.09. The van der Waals surface area contributed by atoms with Crippen molar-refractivity contribution < 1.29 is 13.9 Å². The molecule has 1 aliphatic heterocycles. The van der Waals surface area contributed by atoms with Crippen LogP contribution in [0.4, 0.5) is 15.8 Å². The van der Waals surface area contributed by atoms with E-state index in [-0.39, 0.29) is 11.7 Å². The third-order valence-electron chi connectivity index (χ3n) is 3.60. The number of hydrogen-bond acceptors (Lipinski definition) is 3. The summed E-state index contributed by atoms with van der Waals surface area (Å²) in [5.74, 6) is -0.0273. The number of halogens is 1. The van der Waals surface area contributed by atoms with Crippen LogP contribution < -0.4 is 15.4 Å². The molecule has 4 nitrogen and oxygen atoms in total. The lowest BCUT2D eigenvalue weighted by Crippen LogP contribution is -2.29. The number of hydrogen-bond donors (Lipinski definition) is 1. The van der Waals surface area contributed by atoms with E-state index in [4.69, 9.17) is 10.5 Å². The lowest BCUT2D eigenvalue weighted by atomic mass is 10.1. The molecule has 1 amide bonds. The zero-order valence-electron chi connectivity index (χ0n) is 11.6. The fourth-order valence-corrected chi connectivity index (χ4v) is 2.58. The van der Waals surface area contributed by atoms with Gasteiger partial charge in [0.15, 0.2) is 0 Å². The van der Waals surface area contributed by atoms with Crippen molar-refractivity contribution in [3.8, 4) is 5.75 Å². The Morgan fingerprint density at radius 2 is 2.10 bits per heavy atom. The molecule has 2 aromatic rings. The SMILES string of the molecule is COc1cc(N)cc(C(=O)N2CCc3ccc(F)cc32)c1. The van der Waals surface area contributed by atoms with Gasteiger partial charge in [-0.2, -0.15) is 0 Å². The van der Waals surface area contributed by atoms with E-state index < -0.39 is 0 Å². The number of fused-ring (bicyclic) bond motifs is 1. The number of methoxy groups -OCH3 is 1. The highest BCUT2D eigenvalue weighted by Crippen LogP contribution is 2.31. The van der Waals surface area contributed by atoms with Crippen molar-refractivity contribution in [2.24, 2.45) is 0 Å². The molecule has 5 heteroatoms. The summed E-state index contributed by atoms with van der Waals surface area (Å²) in [6.07, 6.45) is 0.723. The van der Waals surface area contributed by atoms with Gasteiger partial charge in [0, 0.05) is 23.9 Å². The standard InChI is InChI=1S/C16H15FN2O2/c1-21-14-7-11(6-13(18)9-14)16(20)19-5-4-10-2-3-12(17)8-15(10)19/h2-3,6-9H,4-5,18H2,1H3. The third kappa shape index (κ3) is 2.42. The molecule has 0 aliphatic carbocycles. The highest BCUT2D eigenvalue weighted by Gasteiger charge is 2.26. The minimum atomic E-state index is -0.349. The van der Waals surface area contributed by atoms with Crippen LogP contribution >= 0.6 is 0 Å². The molecule has 0 bridgehead atoms. The summed E-state index contributed by atoms with van der Waals surface area (Å²) in [6.45, 7) is 0.536. The summed E-state index contributed by atoms with van der Waals surface area (Å²) in [4.78, 5) is 14.2. The van der Waals surface area contributed by atoms with Gasteiger partial charge in [-0.15, -0.1) is 0 Å². The molecule has 3 rings (SSSR count). The van der Waals surface area contributed by atoms with Gasteiger partial charge in [-0.1, -0.05) is 6.07 Å². The van der Waals surface area contributed by atoms with Crippen LogP contribution in [0.3, 0.4) is 0 Å². The fraction of sp³-hybridized carbons (Fsp3) is 0.188. The molecule has 0 saturated heterocycles. The van der Waals surface area contributed by atoms with Crippen molar-refractivity contribution >= 4 is 17.3 Å². The van der Waals surface area contributed by atoms with E-state index in [0.29, 0.717) is 29.2 Å². The van der Waals surface area contributed by atoms with Gasteiger partial charge in [0.25, 0.3) is 5.91 Å². The van der Waals surface area contributed by atoms with Crippen LogP contribution in [-0.2, 0) is 6.42 Å². The van der Waals surface area contributed by atoms with E-state index in [1.807, 2.05) is 0 Å². The predicted octanol–water partition coefficient (Wildman–Crippen LogP) is 2.62. The Bertz CT molecular complexity index is 715. The second-order valence-corrected chi connectivity index (χ2v) is 4.97. The van der Waals surface area contributed by atoms with Crippen molar-refractivity contribution in [3.63, 3.8) is 0 Å². The number of carbonyl (C=O) groups is 1. The molecule has 21 heavy (non-hydrogen) atoms. The van der Waals surface area contributed by atoms with Crippen molar-refractivity contribution in [2.75, 3.05) is 24.3 Å². The number of anilines is 2. The largest absolute Gasteiger partial charge is 0.497 e. The maximum Gasteiger partial charge on any atom is 0.258 e. The molecule has 0 spiro atoms. The number of nitrogens with two attached hydrogens (primary N) is 1. The molecule has 0 saturated carbocycles. The number of rotatable bonds is 2. The lowest BCUT2D eigenvalue weighted by Gasteiger charge is -2.18. The van der Waals surface area contributed by atoms with E-state index in [9.17, 15) is 9.18 Å². The number of nitrogens with zero attached hydrogens (tertiary/aromatic N) is 1. The molecule has 1 aliphatic rings. The summed E-state index contributed by atoms with van der Waals surface area (Å²) in [6, 6.07) is 9.41. The van der Waals surface area contributed by atoms with Crippen LogP contribution in [-0.4, -0.2) is 19.6 Å². The topological polar surface area (TPSA) is 55.6 Å². The van der Waals surface area contributed by atoms with Gasteiger partial charge < -0.3 is 15.4 Å². The highest BCUT2D eigenvalue weighted by molar-refractivity contribution is 6.08. The molecule has 0 unspecified atom stereocenters. The van der Waals surface area contributed by atoms with Crippen molar-refractivity contribution in [2.45, 2.75) is 6.42 Å². The maximum atomic E-state index is 13.4. The van der Waals surface area contributed by atoms with Crippen LogP contribution in [0, 0.1) is 5.82 Å². The Labute approximate surface area is 121 Å². The van der Waals surface area contributed by atoms with Gasteiger partial charge in [-0.3, -0.25) is 4.79 Å². The number of nitrogen functional groups attached to an aromatic ring is 1. The monoisotopic (exact) mass is 286 g/mol. The predicted molar refractivity (Wildman–Crippen MR) is 79.2 cm³/mol. The molecular weight excluding hydrogens is 271 g/mol. The first-order chi connectivity index (χ1) is 10.1. The highest BCUT2D eigenvalue weighted by atomic mass is 19.1. The quantitative estimate of drug-likeness (QED) is 0.863. The van der Waals surface area contributed by atoms with E-state index in [1.54, 1.807) is 29.2 Å². The van der Waals surface area contributed by atoms with Gasteiger partial charge in [-0.05, 0) is 36.2 Å². The Morgan fingerprint density at radius 3 is 2.86 bits per heavy atom. The Morgan fingerprint density at radius 1 is 1.29 bits per heavy atom. The first kappa shape index (κ1) is 13.4. The van der Waals surface area contributed by atoms with E-state index in [0.717, 1.165) is 12.0 Å². The molecule has 2 N–H and O–H groups in total. The van der Waals surface area contributed by atoms with Gasteiger partial charge in [0.05, 0.1) is 12.8 Å².